The molecule has 0 radical (unpaired) electrons. The van der Waals surface area contributed by atoms with Gasteiger partial charge in [0.1, 0.15) is 5.82 Å². The van der Waals surface area contributed by atoms with Crippen molar-refractivity contribution in [3.8, 4) is 0 Å². The average Bonchev–Trinajstić information content (AvgIpc) is 2.59. The summed E-state index contributed by atoms with van der Waals surface area (Å²) in [6.45, 7) is 5.30. The molecule has 0 saturated carbocycles. The van der Waals surface area contributed by atoms with E-state index < -0.39 is 6.04 Å². The molecule has 2 aromatic carbocycles. The van der Waals surface area contributed by atoms with E-state index >= 15 is 0 Å². The number of nitrogens with zero attached hydrogens (tertiary/aromatic N) is 1. The van der Waals surface area contributed by atoms with Gasteiger partial charge in [0, 0.05) is 15.8 Å². The van der Waals surface area contributed by atoms with Gasteiger partial charge < -0.3 is 10.6 Å². The molecular formula is C20H23BrFN3O2. The van der Waals surface area contributed by atoms with Crippen molar-refractivity contribution < 1.29 is 14.0 Å². The Bertz CT molecular complexity index is 857. The van der Waals surface area contributed by atoms with Crippen LogP contribution in [-0.2, 0) is 9.59 Å². The number of nitrogens with one attached hydrogen (secondary N) is 2. The van der Waals surface area contributed by atoms with E-state index in [1.165, 1.54) is 6.07 Å². The first-order valence-electron chi connectivity index (χ1n) is 8.50. The molecule has 7 heteroatoms. The van der Waals surface area contributed by atoms with Gasteiger partial charge in [0.05, 0.1) is 12.6 Å². The molecule has 0 aliphatic rings. The predicted octanol–water partition coefficient (Wildman–Crippen LogP) is 4.10. The van der Waals surface area contributed by atoms with Crippen LogP contribution in [0.15, 0.2) is 40.9 Å². The summed E-state index contributed by atoms with van der Waals surface area (Å²) in [6.07, 6.45) is 0. The number of carbonyl (C=O) groups is 2. The molecule has 5 nitrogen and oxygen atoms in total. The fraction of sp³-hybridized carbons (Fsp3) is 0.300. The summed E-state index contributed by atoms with van der Waals surface area (Å²) < 4.78 is 14.5. The fourth-order valence-electron chi connectivity index (χ4n) is 2.44. The molecule has 0 aliphatic heterocycles. The minimum Gasteiger partial charge on any atom is -0.325 e. The number of likely N-dealkylation sites (N-methyl/N-ethyl adjacent to an activating group) is 1. The van der Waals surface area contributed by atoms with Gasteiger partial charge in [-0.05, 0) is 69.3 Å². The molecule has 1 atom stereocenters. The van der Waals surface area contributed by atoms with Gasteiger partial charge in [-0.1, -0.05) is 22.0 Å². The van der Waals surface area contributed by atoms with Crippen LogP contribution in [0.4, 0.5) is 15.8 Å². The van der Waals surface area contributed by atoms with Crippen LogP contribution in [0.1, 0.15) is 18.1 Å². The van der Waals surface area contributed by atoms with E-state index in [0.717, 1.165) is 15.7 Å². The SMILES string of the molecule is Cc1ccc(NC(=O)[C@H](C)N(C)CC(=O)Nc2ccc(Br)cc2C)cc1F. The van der Waals surface area contributed by atoms with Crippen molar-refractivity contribution in [1.82, 2.24) is 4.90 Å². The topological polar surface area (TPSA) is 61.4 Å². The minimum atomic E-state index is -0.564. The van der Waals surface area contributed by atoms with E-state index in [1.54, 1.807) is 37.9 Å². The van der Waals surface area contributed by atoms with Gasteiger partial charge in [-0.25, -0.2) is 4.39 Å². The molecule has 0 saturated heterocycles. The summed E-state index contributed by atoms with van der Waals surface area (Å²) in [4.78, 5) is 26.3. The number of benzene rings is 2. The normalized spacial score (nSPS) is 12.0. The second-order valence-corrected chi connectivity index (χ2v) is 7.47. The first-order chi connectivity index (χ1) is 12.7. The number of hydrogen-bond acceptors (Lipinski definition) is 3. The third kappa shape index (κ3) is 5.87. The molecule has 0 heterocycles. The maximum absolute atomic E-state index is 13.6. The first-order valence-corrected chi connectivity index (χ1v) is 9.30. The highest BCUT2D eigenvalue weighted by Gasteiger charge is 2.20. The van der Waals surface area contributed by atoms with E-state index in [-0.39, 0.29) is 24.2 Å². The van der Waals surface area contributed by atoms with Gasteiger partial charge in [0.15, 0.2) is 0 Å². The zero-order valence-corrected chi connectivity index (χ0v) is 17.4. The molecule has 0 aromatic heterocycles. The lowest BCUT2D eigenvalue weighted by molar-refractivity contribution is -0.122. The lowest BCUT2D eigenvalue weighted by Crippen LogP contribution is -2.43. The highest BCUT2D eigenvalue weighted by Crippen LogP contribution is 2.20. The monoisotopic (exact) mass is 435 g/mol. The number of aryl methyl sites for hydroxylation is 2. The summed E-state index contributed by atoms with van der Waals surface area (Å²) in [5.41, 5.74) is 2.56. The van der Waals surface area contributed by atoms with Crippen molar-refractivity contribution >= 4 is 39.1 Å². The second-order valence-electron chi connectivity index (χ2n) is 6.55. The molecule has 0 aliphatic carbocycles. The van der Waals surface area contributed by atoms with E-state index in [0.29, 0.717) is 11.3 Å². The van der Waals surface area contributed by atoms with E-state index in [1.807, 2.05) is 25.1 Å². The predicted molar refractivity (Wildman–Crippen MR) is 109 cm³/mol. The van der Waals surface area contributed by atoms with Crippen molar-refractivity contribution in [3.63, 3.8) is 0 Å². The second kappa shape index (κ2) is 9.10. The Kier molecular flexibility index (Phi) is 7.10. The van der Waals surface area contributed by atoms with Crippen LogP contribution in [0.3, 0.4) is 0 Å². The summed E-state index contributed by atoms with van der Waals surface area (Å²) in [5, 5.41) is 5.51. The first kappa shape index (κ1) is 21.1. The van der Waals surface area contributed by atoms with Crippen LogP contribution in [-0.4, -0.2) is 36.3 Å². The highest BCUT2D eigenvalue weighted by atomic mass is 79.9. The van der Waals surface area contributed by atoms with E-state index in [9.17, 15) is 14.0 Å². The number of anilines is 2. The van der Waals surface area contributed by atoms with Crippen molar-refractivity contribution in [2.45, 2.75) is 26.8 Å². The molecule has 0 spiro atoms. The average molecular weight is 436 g/mol. The Morgan fingerprint density at radius 2 is 1.81 bits per heavy atom. The van der Waals surface area contributed by atoms with E-state index in [4.69, 9.17) is 0 Å². The molecule has 2 rings (SSSR count). The highest BCUT2D eigenvalue weighted by molar-refractivity contribution is 9.10. The number of hydrogen-bond donors (Lipinski definition) is 2. The van der Waals surface area contributed by atoms with Crippen molar-refractivity contribution in [1.29, 1.82) is 0 Å². The van der Waals surface area contributed by atoms with Gasteiger partial charge >= 0.3 is 0 Å². The van der Waals surface area contributed by atoms with Crippen LogP contribution < -0.4 is 10.6 Å². The van der Waals surface area contributed by atoms with Crippen molar-refractivity contribution in [3.05, 3.63) is 57.8 Å². The molecular weight excluding hydrogens is 413 g/mol. The molecule has 0 bridgehead atoms. The Hall–Kier alpha value is -2.25. The van der Waals surface area contributed by atoms with Crippen LogP contribution in [0.2, 0.25) is 0 Å². The summed E-state index contributed by atoms with van der Waals surface area (Å²) in [7, 11) is 1.69. The lowest BCUT2D eigenvalue weighted by Gasteiger charge is -2.23. The summed E-state index contributed by atoms with van der Waals surface area (Å²) in [5.74, 6) is -0.907. The molecule has 144 valence electrons. The number of carbonyl (C=O) groups excluding carboxylic acids is 2. The van der Waals surface area contributed by atoms with Gasteiger partial charge in [-0.3, -0.25) is 14.5 Å². The molecule has 2 N–H and O–H groups in total. The van der Waals surface area contributed by atoms with Crippen LogP contribution in [0.5, 0.6) is 0 Å². The Labute approximate surface area is 167 Å². The van der Waals surface area contributed by atoms with Crippen LogP contribution in [0, 0.1) is 19.7 Å². The maximum atomic E-state index is 13.6. The zero-order chi connectivity index (χ0) is 20.1. The summed E-state index contributed by atoms with van der Waals surface area (Å²) >= 11 is 3.38. The molecule has 0 fully saturated rings. The number of amides is 2. The third-order valence-electron chi connectivity index (χ3n) is 4.34. The third-order valence-corrected chi connectivity index (χ3v) is 4.83. The van der Waals surface area contributed by atoms with Gasteiger partial charge in [0.2, 0.25) is 11.8 Å². The smallest absolute Gasteiger partial charge is 0.241 e. The molecule has 0 unspecified atom stereocenters. The fourth-order valence-corrected chi connectivity index (χ4v) is 2.91. The molecule has 2 amide bonds. The van der Waals surface area contributed by atoms with E-state index in [2.05, 4.69) is 26.6 Å². The Morgan fingerprint density at radius 3 is 2.44 bits per heavy atom. The minimum absolute atomic E-state index is 0.0480. The van der Waals surface area contributed by atoms with Gasteiger partial charge in [-0.2, -0.15) is 0 Å². The molecule has 27 heavy (non-hydrogen) atoms. The lowest BCUT2D eigenvalue weighted by atomic mass is 10.2. The number of halogens is 2. The van der Waals surface area contributed by atoms with Crippen molar-refractivity contribution in [2.24, 2.45) is 0 Å². The quantitative estimate of drug-likeness (QED) is 0.717. The van der Waals surface area contributed by atoms with Gasteiger partial charge in [-0.15, -0.1) is 0 Å². The van der Waals surface area contributed by atoms with Crippen LogP contribution >= 0.6 is 15.9 Å². The Balaban J connectivity index is 1.93. The van der Waals surface area contributed by atoms with Crippen molar-refractivity contribution in [2.75, 3.05) is 24.2 Å². The van der Waals surface area contributed by atoms with Gasteiger partial charge in [0.25, 0.3) is 0 Å². The maximum Gasteiger partial charge on any atom is 0.241 e. The Morgan fingerprint density at radius 1 is 1.11 bits per heavy atom. The molecule has 2 aromatic rings. The summed E-state index contributed by atoms with van der Waals surface area (Å²) in [6, 6.07) is 9.55. The van der Waals surface area contributed by atoms with Crippen LogP contribution in [0.25, 0.3) is 0 Å². The number of rotatable bonds is 6. The zero-order valence-electron chi connectivity index (χ0n) is 15.8. The largest absolute Gasteiger partial charge is 0.325 e. The standard InChI is InChI=1S/C20H23BrFN3O2/c1-12-5-7-16(10-17(12)22)23-20(27)14(3)25(4)11-19(26)24-18-8-6-15(21)9-13(18)2/h5-10,14H,11H2,1-4H3,(H,23,27)(H,24,26)/t14-/m0/s1.